The highest BCUT2D eigenvalue weighted by molar-refractivity contribution is 6.01. The number of amides is 1. The van der Waals surface area contributed by atoms with Gasteiger partial charge in [-0.05, 0) is 38.0 Å². The second-order valence-electron chi connectivity index (χ2n) is 6.57. The number of hydrogen-bond acceptors (Lipinski definition) is 7. The molecule has 1 saturated heterocycles. The number of ether oxygens (including phenoxy) is 1. The Hall–Kier alpha value is -3.38. The molecular formula is C20H22ClN5O4. The van der Waals surface area contributed by atoms with E-state index in [4.69, 9.17) is 4.74 Å². The Bertz CT molecular complexity index is 993. The molecule has 0 unspecified atom stereocenters. The Labute approximate surface area is 180 Å². The number of nitrogens with one attached hydrogen (secondary N) is 1. The second-order valence-corrected chi connectivity index (χ2v) is 6.57. The predicted molar refractivity (Wildman–Crippen MR) is 112 cm³/mol. The Morgan fingerprint density at radius 3 is 2.77 bits per heavy atom. The summed E-state index contributed by atoms with van der Waals surface area (Å²) in [5.74, 6) is -0.450. The highest BCUT2D eigenvalue weighted by atomic mass is 35.5. The van der Waals surface area contributed by atoms with E-state index in [-0.39, 0.29) is 35.6 Å². The lowest BCUT2D eigenvalue weighted by molar-refractivity contribution is -0.123. The fraction of sp³-hybridized carbons (Fsp3) is 0.350. The monoisotopic (exact) mass is 431 g/mol. The van der Waals surface area contributed by atoms with Crippen LogP contribution < -0.4 is 15.0 Å². The number of rotatable bonds is 7. The number of anilines is 3. The number of carboxylic acid groups (broad SMARTS) is 1. The van der Waals surface area contributed by atoms with Gasteiger partial charge in [0.05, 0.1) is 12.7 Å². The number of halogens is 1. The molecule has 1 aliphatic rings. The van der Waals surface area contributed by atoms with Crippen LogP contribution in [0, 0.1) is 16.7 Å². The maximum atomic E-state index is 12.7. The van der Waals surface area contributed by atoms with E-state index < -0.39 is 11.4 Å². The fourth-order valence-corrected chi connectivity index (χ4v) is 3.24. The number of carboxylic acids is 1. The third kappa shape index (κ3) is 4.28. The van der Waals surface area contributed by atoms with Crippen LogP contribution in [0.4, 0.5) is 17.5 Å². The summed E-state index contributed by atoms with van der Waals surface area (Å²) in [5, 5.41) is 21.7. The van der Waals surface area contributed by atoms with E-state index >= 15 is 0 Å². The van der Waals surface area contributed by atoms with E-state index in [0.29, 0.717) is 37.5 Å². The van der Waals surface area contributed by atoms with Gasteiger partial charge in [-0.1, -0.05) is 6.92 Å². The minimum Gasteiger partial charge on any atom is -0.493 e. The number of carbonyl (C=O) groups is 2. The molecule has 30 heavy (non-hydrogen) atoms. The largest absolute Gasteiger partial charge is 0.493 e. The van der Waals surface area contributed by atoms with Crippen LogP contribution in [0.25, 0.3) is 0 Å². The smallest absolute Gasteiger partial charge is 0.339 e. The first-order valence-corrected chi connectivity index (χ1v) is 9.27. The first-order valence-electron chi connectivity index (χ1n) is 9.27. The molecule has 0 bridgehead atoms. The van der Waals surface area contributed by atoms with Gasteiger partial charge >= 0.3 is 5.97 Å². The summed E-state index contributed by atoms with van der Waals surface area (Å²) in [5.41, 5.74) is -0.400. The van der Waals surface area contributed by atoms with Crippen LogP contribution in [-0.2, 0) is 4.79 Å². The Balaban J connectivity index is 0.00000320. The number of benzene rings is 1. The average molecular weight is 432 g/mol. The predicted octanol–water partition coefficient (Wildman–Crippen LogP) is 3.40. The summed E-state index contributed by atoms with van der Waals surface area (Å²) in [7, 11) is 0. The maximum Gasteiger partial charge on any atom is 0.339 e. The molecule has 2 aromatic rings. The van der Waals surface area contributed by atoms with Gasteiger partial charge in [-0.25, -0.2) is 9.78 Å². The zero-order valence-corrected chi connectivity index (χ0v) is 17.4. The molecular weight excluding hydrogens is 410 g/mol. The molecule has 1 amide bonds. The van der Waals surface area contributed by atoms with Gasteiger partial charge in [0, 0.05) is 24.5 Å². The molecule has 2 N–H and O–H groups in total. The number of aromatic carboxylic acids is 1. The summed E-state index contributed by atoms with van der Waals surface area (Å²) in [6.07, 6.45) is 2.43. The van der Waals surface area contributed by atoms with Crippen molar-refractivity contribution in [3.8, 4) is 11.8 Å². The molecule has 1 aromatic heterocycles. The molecule has 0 saturated carbocycles. The SMILES string of the molecule is CCOc1cc(Nc2nccc(N3CC[C@@](C#N)(CC)C3=O)n2)ccc1C(=O)O.Cl. The minimum atomic E-state index is -1.08. The molecule has 0 spiro atoms. The number of nitrogens with zero attached hydrogens (tertiary/aromatic N) is 4. The van der Waals surface area contributed by atoms with E-state index in [1.807, 2.05) is 6.92 Å². The molecule has 0 radical (unpaired) electrons. The van der Waals surface area contributed by atoms with Gasteiger partial charge in [0.15, 0.2) is 0 Å². The van der Waals surface area contributed by atoms with Gasteiger partial charge in [0.25, 0.3) is 0 Å². The summed E-state index contributed by atoms with van der Waals surface area (Å²) in [6, 6.07) is 8.35. The lowest BCUT2D eigenvalue weighted by Gasteiger charge is -2.19. The van der Waals surface area contributed by atoms with Gasteiger partial charge < -0.3 is 15.2 Å². The first kappa shape index (κ1) is 22.9. The summed E-state index contributed by atoms with van der Waals surface area (Å²) in [6.45, 7) is 4.33. The second kappa shape index (κ2) is 9.41. The lowest BCUT2D eigenvalue weighted by Crippen LogP contribution is -2.33. The van der Waals surface area contributed by atoms with Crippen LogP contribution in [0.2, 0.25) is 0 Å². The highest BCUT2D eigenvalue weighted by Gasteiger charge is 2.46. The average Bonchev–Trinajstić information content (AvgIpc) is 3.05. The Kier molecular flexibility index (Phi) is 7.19. The van der Waals surface area contributed by atoms with E-state index in [9.17, 15) is 20.0 Å². The van der Waals surface area contributed by atoms with E-state index in [1.54, 1.807) is 25.1 Å². The zero-order valence-electron chi connectivity index (χ0n) is 16.6. The van der Waals surface area contributed by atoms with E-state index in [2.05, 4.69) is 21.4 Å². The van der Waals surface area contributed by atoms with Crippen LogP contribution >= 0.6 is 12.4 Å². The van der Waals surface area contributed by atoms with Gasteiger partial charge in [-0.3, -0.25) is 9.69 Å². The van der Waals surface area contributed by atoms with Crippen molar-refractivity contribution in [2.45, 2.75) is 26.7 Å². The summed E-state index contributed by atoms with van der Waals surface area (Å²) in [4.78, 5) is 34.1. The number of carbonyl (C=O) groups excluding carboxylic acids is 1. The normalized spacial score (nSPS) is 17.8. The summed E-state index contributed by atoms with van der Waals surface area (Å²) >= 11 is 0. The van der Waals surface area contributed by atoms with Gasteiger partial charge in [0.2, 0.25) is 11.9 Å². The van der Waals surface area contributed by atoms with Crippen LogP contribution in [0.1, 0.15) is 37.0 Å². The molecule has 10 heteroatoms. The minimum absolute atomic E-state index is 0. The van der Waals surface area contributed by atoms with Gasteiger partial charge in [0.1, 0.15) is 22.5 Å². The zero-order chi connectivity index (χ0) is 21.0. The number of aromatic nitrogens is 2. The molecule has 9 nitrogen and oxygen atoms in total. The van der Waals surface area contributed by atoms with Crippen molar-refractivity contribution in [1.82, 2.24) is 9.97 Å². The standard InChI is InChI=1S/C20H21N5O4.ClH/c1-3-20(12-21)8-10-25(18(20)28)16-7-9-22-19(24-16)23-13-5-6-14(17(26)27)15(11-13)29-4-2;/h5-7,9,11H,3-4,8,10H2,1-2H3,(H,26,27)(H,22,23,24);1H/t20-;/m1./s1. The van der Waals surface area contributed by atoms with E-state index in [1.165, 1.54) is 17.2 Å². The summed E-state index contributed by atoms with van der Waals surface area (Å²) < 4.78 is 5.40. The van der Waals surface area contributed by atoms with Crippen LogP contribution in [-0.4, -0.2) is 40.1 Å². The molecule has 1 atom stereocenters. The number of hydrogen-bond donors (Lipinski definition) is 2. The molecule has 1 aliphatic heterocycles. The quantitative estimate of drug-likeness (QED) is 0.682. The molecule has 2 heterocycles. The number of nitriles is 1. The molecule has 158 valence electrons. The van der Waals surface area contributed by atoms with Crippen molar-refractivity contribution in [2.24, 2.45) is 5.41 Å². The van der Waals surface area contributed by atoms with Crippen molar-refractivity contribution in [3.05, 3.63) is 36.0 Å². The van der Waals surface area contributed by atoms with Crippen molar-refractivity contribution in [1.29, 1.82) is 5.26 Å². The van der Waals surface area contributed by atoms with Crippen LogP contribution in [0.3, 0.4) is 0 Å². The topological polar surface area (TPSA) is 128 Å². The third-order valence-corrected chi connectivity index (χ3v) is 4.92. The fourth-order valence-electron chi connectivity index (χ4n) is 3.24. The van der Waals surface area contributed by atoms with Crippen molar-refractivity contribution >= 4 is 41.7 Å². The third-order valence-electron chi connectivity index (χ3n) is 4.92. The Morgan fingerprint density at radius 1 is 1.40 bits per heavy atom. The molecule has 0 aliphatic carbocycles. The highest BCUT2D eigenvalue weighted by Crippen LogP contribution is 2.36. The van der Waals surface area contributed by atoms with Gasteiger partial charge in [-0.2, -0.15) is 10.2 Å². The van der Waals surface area contributed by atoms with Crippen molar-refractivity contribution in [3.63, 3.8) is 0 Å². The maximum absolute atomic E-state index is 12.7. The van der Waals surface area contributed by atoms with Crippen LogP contribution in [0.5, 0.6) is 5.75 Å². The van der Waals surface area contributed by atoms with E-state index in [0.717, 1.165) is 0 Å². The Morgan fingerprint density at radius 2 is 2.17 bits per heavy atom. The van der Waals surface area contributed by atoms with Crippen molar-refractivity contribution in [2.75, 3.05) is 23.4 Å². The van der Waals surface area contributed by atoms with Crippen LogP contribution in [0.15, 0.2) is 30.5 Å². The lowest BCUT2D eigenvalue weighted by atomic mass is 9.85. The molecule has 1 fully saturated rings. The molecule has 1 aromatic carbocycles. The molecule has 3 rings (SSSR count). The first-order chi connectivity index (χ1) is 13.9. The van der Waals surface area contributed by atoms with Crippen molar-refractivity contribution < 1.29 is 19.4 Å². The van der Waals surface area contributed by atoms with Gasteiger partial charge in [-0.15, -0.1) is 12.4 Å².